The van der Waals surface area contributed by atoms with Gasteiger partial charge in [0.2, 0.25) is 15.1 Å². The number of aromatic nitrogens is 2. The standard InChI is InChI=1S/C22H21N5O3S2/c1-27(2)32(28,29)18-10-6-9-16(13-18)25-19-14-17(11-12-24-19)30-21-20(26-22(23)31-21)15-7-4-3-5-8-15/h3-14H,1-2H3,(H2,23,26)(H,24,25). The van der Waals surface area contributed by atoms with Crippen molar-refractivity contribution in [2.24, 2.45) is 0 Å². The number of sulfonamides is 1. The molecule has 10 heteroatoms. The maximum Gasteiger partial charge on any atom is 0.242 e. The van der Waals surface area contributed by atoms with Crippen molar-refractivity contribution in [3.8, 4) is 22.1 Å². The van der Waals surface area contributed by atoms with Crippen LogP contribution in [0.4, 0.5) is 16.6 Å². The molecule has 0 unspecified atom stereocenters. The van der Waals surface area contributed by atoms with Crippen LogP contribution >= 0.6 is 11.3 Å². The summed E-state index contributed by atoms with van der Waals surface area (Å²) in [5.74, 6) is 1.04. The predicted octanol–water partition coefficient (Wildman–Crippen LogP) is 4.57. The molecule has 2 aromatic carbocycles. The van der Waals surface area contributed by atoms with Gasteiger partial charge in [-0.3, -0.25) is 0 Å². The van der Waals surface area contributed by atoms with Crippen molar-refractivity contribution in [1.82, 2.24) is 14.3 Å². The molecule has 0 atom stereocenters. The normalized spacial score (nSPS) is 11.5. The topological polar surface area (TPSA) is 110 Å². The molecule has 4 rings (SSSR count). The lowest BCUT2D eigenvalue weighted by Gasteiger charge is -2.13. The number of nitrogen functional groups attached to an aromatic ring is 1. The second kappa shape index (κ2) is 8.95. The van der Waals surface area contributed by atoms with Gasteiger partial charge >= 0.3 is 0 Å². The van der Waals surface area contributed by atoms with E-state index in [1.54, 1.807) is 42.6 Å². The average Bonchev–Trinajstić information content (AvgIpc) is 3.14. The van der Waals surface area contributed by atoms with Crippen molar-refractivity contribution in [1.29, 1.82) is 0 Å². The molecular weight excluding hydrogens is 446 g/mol. The lowest BCUT2D eigenvalue weighted by molar-refractivity contribution is 0.496. The number of hydrogen-bond acceptors (Lipinski definition) is 8. The summed E-state index contributed by atoms with van der Waals surface area (Å²) < 4.78 is 32.0. The van der Waals surface area contributed by atoms with E-state index in [9.17, 15) is 8.42 Å². The number of hydrogen-bond donors (Lipinski definition) is 2. The van der Waals surface area contributed by atoms with Crippen molar-refractivity contribution in [2.75, 3.05) is 25.1 Å². The third-order valence-electron chi connectivity index (χ3n) is 4.49. The Bertz CT molecular complexity index is 1340. The van der Waals surface area contributed by atoms with E-state index in [-0.39, 0.29) is 4.90 Å². The van der Waals surface area contributed by atoms with Crippen LogP contribution in [-0.4, -0.2) is 36.8 Å². The van der Waals surface area contributed by atoms with Gasteiger partial charge in [-0.2, -0.15) is 0 Å². The van der Waals surface area contributed by atoms with Gasteiger partial charge in [0.1, 0.15) is 17.3 Å². The predicted molar refractivity (Wildman–Crippen MR) is 127 cm³/mol. The maximum atomic E-state index is 12.4. The zero-order chi connectivity index (χ0) is 22.7. The van der Waals surface area contributed by atoms with Gasteiger partial charge in [-0.1, -0.05) is 47.7 Å². The molecule has 32 heavy (non-hydrogen) atoms. The minimum atomic E-state index is -3.54. The summed E-state index contributed by atoms with van der Waals surface area (Å²) in [4.78, 5) is 8.88. The van der Waals surface area contributed by atoms with Crippen LogP contribution in [0.15, 0.2) is 77.8 Å². The molecule has 0 aliphatic heterocycles. The summed E-state index contributed by atoms with van der Waals surface area (Å²) in [6.07, 6.45) is 1.60. The number of rotatable bonds is 7. The molecule has 0 bridgehead atoms. The van der Waals surface area contributed by atoms with Gasteiger partial charge in [0.25, 0.3) is 0 Å². The zero-order valence-electron chi connectivity index (χ0n) is 17.4. The van der Waals surface area contributed by atoms with E-state index in [1.165, 1.54) is 29.7 Å². The summed E-state index contributed by atoms with van der Waals surface area (Å²) >= 11 is 1.25. The largest absolute Gasteiger partial charge is 0.444 e. The fourth-order valence-electron chi connectivity index (χ4n) is 2.91. The molecule has 0 saturated heterocycles. The fourth-order valence-corrected chi connectivity index (χ4v) is 4.59. The smallest absolute Gasteiger partial charge is 0.242 e. The SMILES string of the molecule is CN(C)S(=O)(=O)c1cccc(Nc2cc(Oc3sc(N)nc3-c3ccccc3)ccn2)c1. The Morgan fingerprint density at radius 2 is 1.81 bits per heavy atom. The van der Waals surface area contributed by atoms with E-state index < -0.39 is 10.0 Å². The van der Waals surface area contributed by atoms with Gasteiger partial charge in [0, 0.05) is 37.6 Å². The lowest BCUT2D eigenvalue weighted by Crippen LogP contribution is -2.22. The molecule has 3 N–H and O–H groups in total. The molecule has 0 aliphatic carbocycles. The van der Waals surface area contributed by atoms with Gasteiger partial charge in [-0.25, -0.2) is 22.7 Å². The molecule has 0 saturated carbocycles. The van der Waals surface area contributed by atoms with Crippen LogP contribution in [0, 0.1) is 0 Å². The molecule has 8 nitrogen and oxygen atoms in total. The van der Waals surface area contributed by atoms with Gasteiger partial charge in [-0.05, 0) is 24.3 Å². The van der Waals surface area contributed by atoms with Crippen molar-refractivity contribution in [3.63, 3.8) is 0 Å². The summed E-state index contributed by atoms with van der Waals surface area (Å²) in [6, 6.07) is 19.6. The van der Waals surface area contributed by atoms with Gasteiger partial charge < -0.3 is 15.8 Å². The first-order valence-electron chi connectivity index (χ1n) is 9.58. The van der Waals surface area contributed by atoms with Gasteiger partial charge in [-0.15, -0.1) is 0 Å². The first-order chi connectivity index (χ1) is 15.3. The number of nitrogens with one attached hydrogen (secondary N) is 1. The molecule has 2 heterocycles. The number of benzene rings is 2. The van der Waals surface area contributed by atoms with Crippen LogP contribution in [0.1, 0.15) is 0 Å². The lowest BCUT2D eigenvalue weighted by atomic mass is 10.2. The number of anilines is 3. The highest BCUT2D eigenvalue weighted by Gasteiger charge is 2.18. The van der Waals surface area contributed by atoms with Crippen LogP contribution in [0.3, 0.4) is 0 Å². The van der Waals surface area contributed by atoms with Crippen LogP contribution in [0.5, 0.6) is 10.8 Å². The van der Waals surface area contributed by atoms with E-state index >= 15 is 0 Å². The molecule has 2 aromatic heterocycles. The monoisotopic (exact) mass is 467 g/mol. The summed E-state index contributed by atoms with van der Waals surface area (Å²) in [6.45, 7) is 0. The quantitative estimate of drug-likeness (QED) is 0.409. The average molecular weight is 468 g/mol. The first kappa shape index (κ1) is 21.8. The third kappa shape index (κ3) is 4.72. The van der Waals surface area contributed by atoms with E-state index in [0.29, 0.717) is 33.1 Å². The number of pyridine rings is 1. The summed E-state index contributed by atoms with van der Waals surface area (Å²) in [5.41, 5.74) is 8.08. The molecular formula is C22H21N5O3S2. The molecule has 4 aromatic rings. The maximum absolute atomic E-state index is 12.4. The minimum absolute atomic E-state index is 0.188. The van der Waals surface area contributed by atoms with Gasteiger partial charge in [0.05, 0.1) is 4.90 Å². The van der Waals surface area contributed by atoms with Crippen molar-refractivity contribution >= 4 is 38.0 Å². The Morgan fingerprint density at radius 3 is 2.56 bits per heavy atom. The highest BCUT2D eigenvalue weighted by molar-refractivity contribution is 7.89. The second-order valence-corrected chi connectivity index (χ2v) is 10.1. The number of thiazole rings is 1. The Hall–Kier alpha value is -3.47. The number of nitrogens with two attached hydrogens (primary N) is 1. The molecule has 0 fully saturated rings. The Balaban J connectivity index is 1.58. The molecule has 0 amide bonds. The second-order valence-electron chi connectivity index (χ2n) is 6.97. The molecule has 0 radical (unpaired) electrons. The third-order valence-corrected chi connectivity index (χ3v) is 7.06. The fraction of sp³-hybridized carbons (Fsp3) is 0.0909. The Morgan fingerprint density at radius 1 is 1.03 bits per heavy atom. The molecule has 0 spiro atoms. The van der Waals surface area contributed by atoms with Crippen LogP contribution in [-0.2, 0) is 10.0 Å². The van der Waals surface area contributed by atoms with Crippen LogP contribution in [0.2, 0.25) is 0 Å². The first-order valence-corrected chi connectivity index (χ1v) is 11.8. The highest BCUT2D eigenvalue weighted by atomic mass is 32.2. The summed E-state index contributed by atoms with van der Waals surface area (Å²) in [7, 11) is -0.551. The Labute approximate surface area is 190 Å². The minimum Gasteiger partial charge on any atom is -0.444 e. The van der Waals surface area contributed by atoms with Crippen molar-refractivity contribution < 1.29 is 13.2 Å². The van der Waals surface area contributed by atoms with E-state index in [4.69, 9.17) is 10.5 Å². The highest BCUT2D eigenvalue weighted by Crippen LogP contribution is 2.39. The number of nitrogens with zero attached hydrogens (tertiary/aromatic N) is 3. The van der Waals surface area contributed by atoms with Crippen LogP contribution in [0.25, 0.3) is 11.3 Å². The van der Waals surface area contributed by atoms with E-state index in [2.05, 4.69) is 15.3 Å². The van der Waals surface area contributed by atoms with Gasteiger partial charge in [0.15, 0.2) is 5.13 Å². The van der Waals surface area contributed by atoms with E-state index in [1.807, 2.05) is 30.3 Å². The van der Waals surface area contributed by atoms with E-state index in [0.717, 1.165) is 5.56 Å². The van der Waals surface area contributed by atoms with Crippen LogP contribution < -0.4 is 15.8 Å². The van der Waals surface area contributed by atoms with Crippen molar-refractivity contribution in [3.05, 3.63) is 72.9 Å². The molecule has 0 aliphatic rings. The number of ether oxygens (including phenoxy) is 1. The molecule has 164 valence electrons. The Kier molecular flexibility index (Phi) is 6.08. The summed E-state index contributed by atoms with van der Waals surface area (Å²) in [5, 5.41) is 4.10. The zero-order valence-corrected chi connectivity index (χ0v) is 19.0. The van der Waals surface area contributed by atoms with Crippen molar-refractivity contribution in [2.45, 2.75) is 4.90 Å².